The number of rotatable bonds is 7. The Morgan fingerprint density at radius 2 is 2.03 bits per heavy atom. The van der Waals surface area contributed by atoms with Crippen LogP contribution in [0.3, 0.4) is 0 Å². The SMILES string of the molecule is O=C(CSc1n[nH]c(=O)n1CC1CCCO1)Nc1ccc(N2CCOCC2)cc1. The van der Waals surface area contributed by atoms with Gasteiger partial charge in [-0.1, -0.05) is 11.8 Å². The largest absolute Gasteiger partial charge is 0.378 e. The minimum atomic E-state index is -0.276. The first-order valence-electron chi connectivity index (χ1n) is 9.81. The molecule has 0 aliphatic carbocycles. The van der Waals surface area contributed by atoms with Gasteiger partial charge in [-0.2, -0.15) is 0 Å². The fourth-order valence-corrected chi connectivity index (χ4v) is 4.23. The standard InChI is InChI=1S/C19H25N5O4S/c25-17(20-14-3-5-15(6-4-14)23-7-10-27-11-8-23)13-29-19-22-21-18(26)24(19)12-16-2-1-9-28-16/h3-6,16H,1-2,7-13H2,(H,20,25)(H,21,26). The third-order valence-corrected chi connectivity index (χ3v) is 5.97. The van der Waals surface area contributed by atoms with Gasteiger partial charge in [0.2, 0.25) is 5.91 Å². The van der Waals surface area contributed by atoms with Crippen LogP contribution in [0, 0.1) is 0 Å². The first kappa shape index (κ1) is 20.0. The van der Waals surface area contributed by atoms with Crippen molar-refractivity contribution in [3.8, 4) is 0 Å². The number of thioether (sulfide) groups is 1. The number of carbonyl (C=O) groups excluding carboxylic acids is 1. The highest BCUT2D eigenvalue weighted by atomic mass is 32.2. The van der Waals surface area contributed by atoms with Crippen LogP contribution in [0.2, 0.25) is 0 Å². The van der Waals surface area contributed by atoms with E-state index in [1.54, 1.807) is 4.57 Å². The molecule has 1 unspecified atom stereocenters. The highest BCUT2D eigenvalue weighted by Crippen LogP contribution is 2.21. The number of nitrogens with one attached hydrogen (secondary N) is 2. The van der Waals surface area contributed by atoms with E-state index >= 15 is 0 Å². The Kier molecular flexibility index (Phi) is 6.53. The van der Waals surface area contributed by atoms with Crippen LogP contribution in [0.25, 0.3) is 0 Å². The van der Waals surface area contributed by atoms with Crippen molar-refractivity contribution in [2.75, 3.05) is 48.9 Å². The predicted octanol–water partition coefficient (Wildman–Crippen LogP) is 1.32. The van der Waals surface area contributed by atoms with Crippen molar-refractivity contribution in [2.45, 2.75) is 30.6 Å². The smallest absolute Gasteiger partial charge is 0.344 e. The van der Waals surface area contributed by atoms with E-state index in [0.717, 1.165) is 57.1 Å². The molecule has 0 radical (unpaired) electrons. The molecule has 156 valence electrons. The minimum Gasteiger partial charge on any atom is -0.378 e. The lowest BCUT2D eigenvalue weighted by Gasteiger charge is -2.28. The highest BCUT2D eigenvalue weighted by Gasteiger charge is 2.20. The number of benzene rings is 1. The third kappa shape index (κ3) is 5.20. The average molecular weight is 420 g/mol. The number of aromatic nitrogens is 3. The van der Waals surface area contributed by atoms with Crippen molar-refractivity contribution in [1.29, 1.82) is 0 Å². The van der Waals surface area contributed by atoms with Crippen LogP contribution in [0.4, 0.5) is 11.4 Å². The molecule has 2 saturated heterocycles. The van der Waals surface area contributed by atoms with E-state index < -0.39 is 0 Å². The van der Waals surface area contributed by atoms with E-state index in [1.807, 2.05) is 24.3 Å². The van der Waals surface area contributed by atoms with Gasteiger partial charge in [0.15, 0.2) is 5.16 Å². The van der Waals surface area contributed by atoms with E-state index in [4.69, 9.17) is 9.47 Å². The number of ether oxygens (including phenoxy) is 2. The van der Waals surface area contributed by atoms with Crippen LogP contribution in [0.15, 0.2) is 34.2 Å². The Bertz CT molecular complexity index is 869. The Balaban J connectivity index is 1.29. The quantitative estimate of drug-likeness (QED) is 0.653. The summed E-state index contributed by atoms with van der Waals surface area (Å²) < 4.78 is 12.5. The molecule has 4 rings (SSSR count). The highest BCUT2D eigenvalue weighted by molar-refractivity contribution is 7.99. The molecule has 0 spiro atoms. The summed E-state index contributed by atoms with van der Waals surface area (Å²) >= 11 is 1.24. The summed E-state index contributed by atoms with van der Waals surface area (Å²) in [7, 11) is 0. The number of aromatic amines is 1. The molecule has 10 heteroatoms. The van der Waals surface area contributed by atoms with E-state index in [0.29, 0.717) is 11.7 Å². The molecule has 1 amide bonds. The molecule has 2 aromatic rings. The second-order valence-electron chi connectivity index (χ2n) is 7.04. The van der Waals surface area contributed by atoms with Gasteiger partial charge in [-0.05, 0) is 37.1 Å². The van der Waals surface area contributed by atoms with Crippen molar-refractivity contribution >= 4 is 29.0 Å². The van der Waals surface area contributed by atoms with Gasteiger partial charge >= 0.3 is 5.69 Å². The molecular weight excluding hydrogens is 394 g/mol. The summed E-state index contributed by atoms with van der Waals surface area (Å²) in [5, 5.41) is 9.89. The Labute approximate surface area is 172 Å². The van der Waals surface area contributed by atoms with E-state index in [-0.39, 0.29) is 23.5 Å². The first-order valence-corrected chi connectivity index (χ1v) is 10.8. The van der Waals surface area contributed by atoms with Crippen molar-refractivity contribution in [2.24, 2.45) is 0 Å². The van der Waals surface area contributed by atoms with Crippen LogP contribution in [0.5, 0.6) is 0 Å². The number of anilines is 2. The van der Waals surface area contributed by atoms with Crippen LogP contribution in [0.1, 0.15) is 12.8 Å². The summed E-state index contributed by atoms with van der Waals surface area (Å²) in [5.41, 5.74) is 1.59. The molecule has 1 aromatic heterocycles. The van der Waals surface area contributed by atoms with Crippen molar-refractivity contribution < 1.29 is 14.3 Å². The van der Waals surface area contributed by atoms with Gasteiger partial charge in [0.25, 0.3) is 0 Å². The summed E-state index contributed by atoms with van der Waals surface area (Å²) in [6, 6.07) is 7.80. The van der Waals surface area contributed by atoms with E-state index in [9.17, 15) is 9.59 Å². The Morgan fingerprint density at radius 1 is 1.24 bits per heavy atom. The van der Waals surface area contributed by atoms with Crippen molar-refractivity contribution in [1.82, 2.24) is 14.8 Å². The molecule has 29 heavy (non-hydrogen) atoms. The fraction of sp³-hybridized carbons (Fsp3) is 0.526. The second-order valence-corrected chi connectivity index (χ2v) is 7.98. The zero-order valence-corrected chi connectivity index (χ0v) is 17.0. The second kappa shape index (κ2) is 9.47. The van der Waals surface area contributed by atoms with Gasteiger partial charge in [-0.15, -0.1) is 5.10 Å². The van der Waals surface area contributed by atoms with E-state index in [1.165, 1.54) is 11.8 Å². The molecule has 0 saturated carbocycles. The number of hydrogen-bond acceptors (Lipinski definition) is 7. The molecule has 2 aliphatic rings. The molecule has 0 bridgehead atoms. The van der Waals surface area contributed by atoms with E-state index in [2.05, 4.69) is 20.4 Å². The zero-order valence-electron chi connectivity index (χ0n) is 16.1. The van der Waals surface area contributed by atoms with Crippen LogP contribution >= 0.6 is 11.8 Å². The number of carbonyl (C=O) groups is 1. The first-order chi connectivity index (χ1) is 14.2. The maximum Gasteiger partial charge on any atom is 0.344 e. The van der Waals surface area contributed by atoms with Crippen LogP contribution < -0.4 is 15.9 Å². The zero-order chi connectivity index (χ0) is 20.1. The molecule has 1 atom stereocenters. The summed E-state index contributed by atoms with van der Waals surface area (Å²) in [6.07, 6.45) is 1.97. The lowest BCUT2D eigenvalue weighted by atomic mass is 10.2. The molecule has 2 fully saturated rings. The lowest BCUT2D eigenvalue weighted by Crippen LogP contribution is -2.36. The number of morpholine rings is 1. The molecular formula is C19H25N5O4S. The molecule has 9 nitrogen and oxygen atoms in total. The average Bonchev–Trinajstić information content (AvgIpc) is 3.39. The summed E-state index contributed by atoms with van der Waals surface area (Å²) in [6.45, 7) is 4.41. The Morgan fingerprint density at radius 3 is 2.76 bits per heavy atom. The minimum absolute atomic E-state index is 0.0310. The number of nitrogens with zero attached hydrogens (tertiary/aromatic N) is 3. The number of H-pyrrole nitrogens is 1. The lowest BCUT2D eigenvalue weighted by molar-refractivity contribution is -0.113. The van der Waals surface area contributed by atoms with Gasteiger partial charge in [0, 0.05) is 31.1 Å². The monoisotopic (exact) mass is 419 g/mol. The predicted molar refractivity (Wildman–Crippen MR) is 111 cm³/mol. The summed E-state index contributed by atoms with van der Waals surface area (Å²) in [4.78, 5) is 26.6. The van der Waals surface area contributed by atoms with Gasteiger partial charge in [-0.3, -0.25) is 9.36 Å². The van der Waals surface area contributed by atoms with Crippen molar-refractivity contribution in [3.63, 3.8) is 0 Å². The molecule has 3 heterocycles. The van der Waals surface area contributed by atoms with Gasteiger partial charge in [-0.25, -0.2) is 9.89 Å². The molecule has 2 N–H and O–H groups in total. The molecule has 1 aromatic carbocycles. The van der Waals surface area contributed by atoms with Gasteiger partial charge < -0.3 is 19.7 Å². The maximum atomic E-state index is 12.3. The van der Waals surface area contributed by atoms with Crippen molar-refractivity contribution in [3.05, 3.63) is 34.7 Å². The maximum absolute atomic E-state index is 12.3. The van der Waals surface area contributed by atoms with Crippen LogP contribution in [-0.4, -0.2) is 65.4 Å². The number of amides is 1. The van der Waals surface area contributed by atoms with Crippen LogP contribution in [-0.2, 0) is 20.8 Å². The number of hydrogen-bond donors (Lipinski definition) is 2. The Hall–Kier alpha value is -2.30. The third-order valence-electron chi connectivity index (χ3n) is 4.99. The topological polar surface area (TPSA) is 101 Å². The summed E-state index contributed by atoms with van der Waals surface area (Å²) in [5.74, 6) is 0.0225. The van der Waals surface area contributed by atoms with Gasteiger partial charge in [0.05, 0.1) is 31.6 Å². The fourth-order valence-electron chi connectivity index (χ4n) is 3.47. The normalized spacial score (nSPS) is 19.4. The van der Waals surface area contributed by atoms with Gasteiger partial charge in [0.1, 0.15) is 0 Å². The molecule has 2 aliphatic heterocycles.